The predicted molar refractivity (Wildman–Crippen MR) is 95.0 cm³/mol. The third kappa shape index (κ3) is 3.67. The summed E-state index contributed by atoms with van der Waals surface area (Å²) in [5.74, 6) is 3.95. The van der Waals surface area contributed by atoms with Gasteiger partial charge in [-0.25, -0.2) is 9.97 Å². The number of rotatable bonds is 3. The van der Waals surface area contributed by atoms with Gasteiger partial charge < -0.3 is 9.80 Å². The highest BCUT2D eigenvalue weighted by Crippen LogP contribution is 2.28. The van der Waals surface area contributed by atoms with E-state index in [-0.39, 0.29) is 0 Å². The van der Waals surface area contributed by atoms with Gasteiger partial charge in [0, 0.05) is 32.2 Å². The quantitative estimate of drug-likeness (QED) is 0.627. The van der Waals surface area contributed by atoms with Crippen molar-refractivity contribution in [3.8, 4) is 0 Å². The molecule has 2 aliphatic rings. The summed E-state index contributed by atoms with van der Waals surface area (Å²) in [5.41, 5.74) is 0. The summed E-state index contributed by atoms with van der Waals surface area (Å²) in [5, 5.41) is 0.907. The van der Waals surface area contributed by atoms with E-state index in [2.05, 4.69) is 36.0 Å². The van der Waals surface area contributed by atoms with Gasteiger partial charge in [0.2, 0.25) is 0 Å². The molecule has 0 radical (unpaired) electrons. The van der Waals surface area contributed by atoms with Crippen molar-refractivity contribution in [2.24, 2.45) is 11.8 Å². The van der Waals surface area contributed by atoms with Crippen LogP contribution in [0.15, 0.2) is 11.2 Å². The first-order valence-corrected chi connectivity index (χ1v) is 9.81. The molecule has 22 heavy (non-hydrogen) atoms. The molecule has 1 aromatic rings. The lowest BCUT2D eigenvalue weighted by atomic mass is 9.99. The number of hydrogen-bond donors (Lipinski definition) is 0. The summed E-state index contributed by atoms with van der Waals surface area (Å²) in [6.45, 7) is 9.21. The van der Waals surface area contributed by atoms with Crippen molar-refractivity contribution in [3.05, 3.63) is 6.07 Å². The molecule has 2 fully saturated rings. The summed E-state index contributed by atoms with van der Waals surface area (Å²) >= 11 is 1.65. The Balaban J connectivity index is 1.80. The van der Waals surface area contributed by atoms with E-state index in [1.54, 1.807) is 11.8 Å². The maximum atomic E-state index is 4.76. The molecule has 0 atom stereocenters. The minimum Gasteiger partial charge on any atom is -0.356 e. The second kappa shape index (κ2) is 7.07. The molecule has 0 aliphatic carbocycles. The van der Waals surface area contributed by atoms with Gasteiger partial charge in [-0.3, -0.25) is 0 Å². The summed E-state index contributed by atoms with van der Waals surface area (Å²) in [4.78, 5) is 14.4. The van der Waals surface area contributed by atoms with Crippen LogP contribution in [0.3, 0.4) is 0 Å². The van der Waals surface area contributed by atoms with E-state index in [1.807, 2.05) is 0 Å². The lowest BCUT2D eigenvalue weighted by Crippen LogP contribution is -2.35. The molecule has 2 aliphatic heterocycles. The monoisotopic (exact) mass is 320 g/mol. The fourth-order valence-electron chi connectivity index (χ4n) is 3.29. The van der Waals surface area contributed by atoms with Crippen LogP contribution in [0.4, 0.5) is 11.6 Å². The van der Waals surface area contributed by atoms with E-state index in [4.69, 9.17) is 9.97 Å². The number of piperidine rings is 2. The van der Waals surface area contributed by atoms with Crippen LogP contribution in [0.25, 0.3) is 0 Å². The summed E-state index contributed by atoms with van der Waals surface area (Å²) in [7, 11) is 0. The molecule has 0 N–H and O–H groups in total. The molecule has 0 saturated carbocycles. The molecular formula is C17H28N4S. The average Bonchev–Trinajstić information content (AvgIpc) is 2.55. The molecule has 0 unspecified atom stereocenters. The van der Waals surface area contributed by atoms with Crippen molar-refractivity contribution in [1.29, 1.82) is 0 Å². The van der Waals surface area contributed by atoms with Crippen LogP contribution in [0, 0.1) is 11.8 Å². The first-order chi connectivity index (χ1) is 10.7. The molecule has 1 aromatic heterocycles. The van der Waals surface area contributed by atoms with Crippen molar-refractivity contribution in [2.75, 3.05) is 42.2 Å². The lowest BCUT2D eigenvalue weighted by Gasteiger charge is -2.34. The van der Waals surface area contributed by atoms with E-state index in [1.165, 1.54) is 25.7 Å². The molecule has 5 heteroatoms. The van der Waals surface area contributed by atoms with Gasteiger partial charge in [0.15, 0.2) is 5.16 Å². The van der Waals surface area contributed by atoms with E-state index in [0.29, 0.717) is 0 Å². The van der Waals surface area contributed by atoms with Crippen molar-refractivity contribution in [3.63, 3.8) is 0 Å². The minimum atomic E-state index is 0.848. The molecule has 0 amide bonds. The highest BCUT2D eigenvalue weighted by Gasteiger charge is 2.21. The van der Waals surface area contributed by atoms with Gasteiger partial charge in [0.25, 0.3) is 0 Å². The highest BCUT2D eigenvalue weighted by atomic mass is 32.2. The normalized spacial score (nSPS) is 21.4. The number of aromatic nitrogens is 2. The van der Waals surface area contributed by atoms with Crippen molar-refractivity contribution in [1.82, 2.24) is 9.97 Å². The average molecular weight is 321 g/mol. The van der Waals surface area contributed by atoms with Gasteiger partial charge in [0.1, 0.15) is 11.6 Å². The number of thioether (sulfide) groups is 1. The Hall–Kier alpha value is -0.970. The van der Waals surface area contributed by atoms with Crippen LogP contribution in [0.1, 0.15) is 39.5 Å². The largest absolute Gasteiger partial charge is 0.356 e. The Kier molecular flexibility index (Phi) is 5.11. The van der Waals surface area contributed by atoms with Gasteiger partial charge >= 0.3 is 0 Å². The van der Waals surface area contributed by atoms with Crippen molar-refractivity contribution in [2.45, 2.75) is 44.7 Å². The van der Waals surface area contributed by atoms with Crippen LogP contribution in [0.2, 0.25) is 0 Å². The maximum Gasteiger partial charge on any atom is 0.191 e. The van der Waals surface area contributed by atoms with Gasteiger partial charge in [-0.15, -0.1) is 0 Å². The van der Waals surface area contributed by atoms with Gasteiger partial charge in [-0.05, 0) is 43.8 Å². The van der Waals surface area contributed by atoms with E-state index in [0.717, 1.165) is 54.8 Å². The summed E-state index contributed by atoms with van der Waals surface area (Å²) in [6, 6.07) is 2.21. The van der Waals surface area contributed by atoms with E-state index < -0.39 is 0 Å². The zero-order chi connectivity index (χ0) is 15.5. The van der Waals surface area contributed by atoms with E-state index in [9.17, 15) is 0 Å². The minimum absolute atomic E-state index is 0.848. The molecule has 4 nitrogen and oxygen atoms in total. The SMILES string of the molecule is CSc1nc(N2CCC(C)CC2)cc(N2CCC(C)CC2)n1. The maximum absolute atomic E-state index is 4.76. The van der Waals surface area contributed by atoms with Crippen LogP contribution < -0.4 is 9.80 Å². The first kappa shape index (κ1) is 15.9. The summed E-state index contributed by atoms with van der Waals surface area (Å²) < 4.78 is 0. The van der Waals surface area contributed by atoms with Crippen LogP contribution in [-0.4, -0.2) is 42.4 Å². The molecule has 122 valence electrons. The van der Waals surface area contributed by atoms with Crippen molar-refractivity contribution < 1.29 is 0 Å². The third-order valence-electron chi connectivity index (χ3n) is 5.08. The molecule has 0 bridgehead atoms. The zero-order valence-corrected chi connectivity index (χ0v) is 14.9. The van der Waals surface area contributed by atoms with Gasteiger partial charge in [-0.1, -0.05) is 25.6 Å². The molecular weight excluding hydrogens is 292 g/mol. The van der Waals surface area contributed by atoms with Crippen molar-refractivity contribution >= 4 is 23.4 Å². The molecule has 0 aromatic carbocycles. The molecule has 3 heterocycles. The Morgan fingerprint density at radius 3 is 1.64 bits per heavy atom. The van der Waals surface area contributed by atoms with Crippen LogP contribution >= 0.6 is 11.8 Å². The Bertz CT molecular complexity index is 451. The highest BCUT2D eigenvalue weighted by molar-refractivity contribution is 7.98. The Morgan fingerprint density at radius 1 is 0.864 bits per heavy atom. The smallest absolute Gasteiger partial charge is 0.191 e. The molecule has 3 rings (SSSR count). The molecule has 2 saturated heterocycles. The number of hydrogen-bond acceptors (Lipinski definition) is 5. The number of anilines is 2. The Morgan fingerprint density at radius 2 is 1.27 bits per heavy atom. The Labute approximate surface area is 138 Å². The van der Waals surface area contributed by atoms with Crippen LogP contribution in [-0.2, 0) is 0 Å². The predicted octanol–water partition coefficient (Wildman–Crippen LogP) is 3.67. The lowest BCUT2D eigenvalue weighted by molar-refractivity contribution is 0.432. The standard InChI is InChI=1S/C17H28N4S/c1-13-4-8-20(9-5-13)15-12-16(19-17(18-15)22-3)21-10-6-14(2)7-11-21/h12-14H,4-11H2,1-3H3. The summed E-state index contributed by atoms with van der Waals surface area (Å²) in [6.07, 6.45) is 7.16. The van der Waals surface area contributed by atoms with E-state index >= 15 is 0 Å². The first-order valence-electron chi connectivity index (χ1n) is 8.58. The van der Waals surface area contributed by atoms with Crippen LogP contribution in [0.5, 0.6) is 0 Å². The zero-order valence-electron chi connectivity index (χ0n) is 14.1. The molecule has 0 spiro atoms. The third-order valence-corrected chi connectivity index (χ3v) is 5.62. The fourth-order valence-corrected chi connectivity index (χ4v) is 3.66. The second-order valence-electron chi connectivity index (χ2n) is 6.91. The number of nitrogens with zero attached hydrogens (tertiary/aromatic N) is 4. The fraction of sp³-hybridized carbons (Fsp3) is 0.765. The second-order valence-corrected chi connectivity index (χ2v) is 7.68. The van der Waals surface area contributed by atoms with Gasteiger partial charge in [0.05, 0.1) is 0 Å². The van der Waals surface area contributed by atoms with Gasteiger partial charge in [-0.2, -0.15) is 0 Å². The topological polar surface area (TPSA) is 32.3 Å².